The van der Waals surface area contributed by atoms with Crippen molar-refractivity contribution in [1.29, 1.82) is 0 Å². The molecule has 3 N–H and O–H groups in total. The Hall–Kier alpha value is -3.17. The predicted molar refractivity (Wildman–Crippen MR) is 95.9 cm³/mol. The summed E-state index contributed by atoms with van der Waals surface area (Å²) in [6.45, 7) is 0.675. The molecule has 2 atom stereocenters. The molecule has 0 unspecified atom stereocenters. The molecule has 0 radical (unpaired) electrons. The topological polar surface area (TPSA) is 133 Å². The Kier molecular flexibility index (Phi) is 4.62. The summed E-state index contributed by atoms with van der Waals surface area (Å²) >= 11 is 0. The van der Waals surface area contributed by atoms with E-state index in [0.29, 0.717) is 25.1 Å². The van der Waals surface area contributed by atoms with Gasteiger partial charge in [0.15, 0.2) is 0 Å². The summed E-state index contributed by atoms with van der Waals surface area (Å²) in [6, 6.07) is 3.11. The Labute approximate surface area is 160 Å². The number of hydrogen-bond acceptors (Lipinski definition) is 6. The molecule has 10 heteroatoms. The average molecular weight is 383 g/mol. The number of carbonyl (C=O) groups excluding carboxylic acids is 1. The van der Waals surface area contributed by atoms with E-state index in [9.17, 15) is 24.5 Å². The van der Waals surface area contributed by atoms with Crippen molar-refractivity contribution < 1.29 is 29.2 Å². The number of nitrogens with one attached hydrogen (secondary N) is 1. The van der Waals surface area contributed by atoms with Crippen LogP contribution in [0.4, 0.5) is 0 Å². The van der Waals surface area contributed by atoms with Crippen LogP contribution >= 0.6 is 0 Å². The Morgan fingerprint density at radius 3 is 2.75 bits per heavy atom. The van der Waals surface area contributed by atoms with Crippen LogP contribution in [0.3, 0.4) is 0 Å². The monoisotopic (exact) mass is 383 g/mol. The summed E-state index contributed by atoms with van der Waals surface area (Å²) in [5.41, 5.74) is 0.861. The Balaban J connectivity index is 1.41. The van der Waals surface area contributed by atoms with Crippen molar-refractivity contribution in [3.8, 4) is 11.5 Å². The number of imidazole rings is 1. The van der Waals surface area contributed by atoms with Crippen molar-refractivity contribution in [2.24, 2.45) is 0 Å². The van der Waals surface area contributed by atoms with Crippen molar-refractivity contribution in [3.63, 3.8) is 0 Å². The van der Waals surface area contributed by atoms with E-state index < -0.39 is 5.97 Å². The number of amides is 1. The number of phenols is 1. The number of H-pyrrole nitrogens is 1. The molecule has 0 spiro atoms. The van der Waals surface area contributed by atoms with E-state index in [1.807, 2.05) is 0 Å². The van der Waals surface area contributed by atoms with E-state index in [1.54, 1.807) is 17.2 Å². The zero-order chi connectivity index (χ0) is 19.8. The number of likely N-dealkylation sites (tertiary alicyclic amines) is 1. The molecular formula is C18H18BN3O6. The summed E-state index contributed by atoms with van der Waals surface area (Å²) < 4.78 is 16.6. The molecule has 1 saturated carbocycles. The van der Waals surface area contributed by atoms with Crippen molar-refractivity contribution in [2.75, 3.05) is 13.1 Å². The standard InChI is InChI=1S/C18H18BN3O6/c23-15(3-9-5-20-8-21-9)22-6-10(7-22)28-14-2-1-11(12-4-13(12)19-27)17(24)16(14)18(25)26/h1-2,5,8,10,12-13,24H,3-4,6-7H2,(H,20,21)(H,25,26)/t12-,13-/m0/s1. The van der Waals surface area contributed by atoms with Crippen molar-refractivity contribution in [2.45, 2.75) is 30.7 Å². The molecule has 9 nitrogen and oxygen atoms in total. The van der Waals surface area contributed by atoms with Gasteiger partial charge in [0.25, 0.3) is 0 Å². The zero-order valence-corrected chi connectivity index (χ0v) is 14.9. The van der Waals surface area contributed by atoms with Gasteiger partial charge in [-0.3, -0.25) is 0 Å². The summed E-state index contributed by atoms with van der Waals surface area (Å²) in [5, 5.41) is 19.9. The Bertz CT molecular complexity index is 926. The van der Waals surface area contributed by atoms with E-state index in [2.05, 4.69) is 9.97 Å². The number of nitrogens with zero attached hydrogens (tertiary/aromatic N) is 2. The Morgan fingerprint density at radius 2 is 2.14 bits per heavy atom. The molecule has 1 aromatic carbocycles. The number of carbonyl (C=O) groups is 2. The molecule has 2 aromatic rings. The number of ether oxygens (including phenoxy) is 1. The molecule has 144 valence electrons. The first-order chi connectivity index (χ1) is 13.5. The van der Waals surface area contributed by atoms with Crippen LogP contribution in [0.5, 0.6) is 11.5 Å². The maximum atomic E-state index is 12.2. The van der Waals surface area contributed by atoms with Crippen molar-refractivity contribution in [3.05, 3.63) is 41.5 Å². The van der Waals surface area contributed by atoms with Gasteiger partial charge in [0.1, 0.15) is 0 Å². The van der Waals surface area contributed by atoms with Crippen LogP contribution in [0, 0.1) is 0 Å². The molecule has 0 bridgehead atoms. The number of aromatic carboxylic acids is 1. The third-order valence-electron chi connectivity index (χ3n) is 5.19. The number of aromatic amines is 1. The van der Waals surface area contributed by atoms with Gasteiger partial charge in [-0.15, -0.1) is 0 Å². The minimum atomic E-state index is -1.30. The molecule has 2 heterocycles. The van der Waals surface area contributed by atoms with Crippen molar-refractivity contribution in [1.82, 2.24) is 14.9 Å². The molecule has 1 aliphatic heterocycles. The molecule has 4 rings (SSSR count). The number of carboxylic acids is 1. The molecule has 1 aromatic heterocycles. The first-order valence-electron chi connectivity index (χ1n) is 8.94. The fourth-order valence-corrected chi connectivity index (χ4v) is 3.47. The fraction of sp³-hybridized carbons (Fsp3) is 0.389. The van der Waals surface area contributed by atoms with E-state index in [1.165, 1.54) is 12.4 Å². The minimum absolute atomic E-state index is 0.0581. The molecular weight excluding hydrogens is 365 g/mol. The first-order valence-corrected chi connectivity index (χ1v) is 8.94. The van der Waals surface area contributed by atoms with E-state index in [-0.39, 0.29) is 47.2 Å². The van der Waals surface area contributed by atoms with Crippen LogP contribution in [-0.4, -0.2) is 63.3 Å². The second-order valence-electron chi connectivity index (χ2n) is 7.12. The maximum absolute atomic E-state index is 12.2. The van der Waals surface area contributed by atoms with Gasteiger partial charge in [-0.2, -0.15) is 0 Å². The molecule has 28 heavy (non-hydrogen) atoms. The number of aromatic nitrogens is 2. The summed E-state index contributed by atoms with van der Waals surface area (Å²) in [6.07, 6.45) is 3.56. The summed E-state index contributed by atoms with van der Waals surface area (Å²) in [7, 11) is 0.818. The number of hydrogen-bond donors (Lipinski definition) is 3. The second kappa shape index (κ2) is 7.10. The third-order valence-corrected chi connectivity index (χ3v) is 5.19. The summed E-state index contributed by atoms with van der Waals surface area (Å²) in [5.74, 6) is -2.00. The molecule has 1 amide bonds. The van der Waals surface area contributed by atoms with Gasteiger partial charge in [-0.05, 0) is 0 Å². The number of carboxylic acid groups (broad SMARTS) is 1. The molecule has 2 aliphatic rings. The number of aromatic hydroxyl groups is 1. The molecule has 1 saturated heterocycles. The van der Waals surface area contributed by atoms with Gasteiger partial charge in [-0.25, -0.2) is 4.98 Å². The summed E-state index contributed by atoms with van der Waals surface area (Å²) in [4.78, 5) is 32.2. The number of rotatable bonds is 7. The van der Waals surface area contributed by atoms with Gasteiger partial charge >= 0.3 is 132 Å². The van der Waals surface area contributed by atoms with Gasteiger partial charge in [0.05, 0.1) is 6.33 Å². The normalized spacial score (nSPS) is 20.9. The predicted octanol–water partition coefficient (Wildman–Crippen LogP) is 0.971. The van der Waals surface area contributed by atoms with Crippen LogP contribution < -0.4 is 4.74 Å². The quantitative estimate of drug-likeness (QED) is 0.607. The Morgan fingerprint density at radius 1 is 1.36 bits per heavy atom. The fourth-order valence-electron chi connectivity index (χ4n) is 3.47. The molecule has 2 fully saturated rings. The zero-order valence-electron chi connectivity index (χ0n) is 14.9. The van der Waals surface area contributed by atoms with Crippen LogP contribution in [0.1, 0.15) is 34.0 Å². The van der Waals surface area contributed by atoms with E-state index in [4.69, 9.17) is 4.74 Å². The van der Waals surface area contributed by atoms with Gasteiger partial charge in [-0.1, -0.05) is 0 Å². The average Bonchev–Trinajstić information content (AvgIpc) is 3.22. The van der Waals surface area contributed by atoms with Gasteiger partial charge in [0.2, 0.25) is 0 Å². The molecule has 1 aliphatic carbocycles. The second-order valence-corrected chi connectivity index (χ2v) is 7.12. The number of benzene rings is 1. The van der Waals surface area contributed by atoms with Gasteiger partial charge in [0, 0.05) is 11.9 Å². The van der Waals surface area contributed by atoms with Crippen LogP contribution in [0.15, 0.2) is 24.7 Å². The van der Waals surface area contributed by atoms with Crippen LogP contribution in [-0.2, 0) is 15.9 Å². The van der Waals surface area contributed by atoms with E-state index in [0.717, 1.165) is 12.8 Å². The third kappa shape index (κ3) is 3.37. The van der Waals surface area contributed by atoms with Crippen LogP contribution in [0.25, 0.3) is 0 Å². The van der Waals surface area contributed by atoms with E-state index >= 15 is 0 Å². The van der Waals surface area contributed by atoms with Crippen LogP contribution in [0.2, 0.25) is 5.82 Å². The van der Waals surface area contributed by atoms with Crippen molar-refractivity contribution >= 4 is 19.0 Å². The van der Waals surface area contributed by atoms with Gasteiger partial charge < -0.3 is 4.98 Å². The first kappa shape index (κ1) is 18.2. The SMILES string of the molecule is O=B[C@H]1C[C@H]1c1ccc(OC2CN(C(=O)Cc3cnc[nH]3)C2)c(C(=O)O)c1O.